The summed E-state index contributed by atoms with van der Waals surface area (Å²) in [6.07, 6.45) is 4.40. The SMILES string of the molecule is CCCNC(Cc1ccccc1)C1(c2ccccc2)CCOCC1. The Balaban J connectivity index is 1.93. The standard InChI is InChI=1S/C22H29NO/c1-2-15-23-21(18-19-9-5-3-6-10-19)22(13-16-24-17-14-22)20-11-7-4-8-12-20/h3-12,21,23H,2,13-18H2,1H3. The zero-order valence-corrected chi connectivity index (χ0v) is 14.7. The van der Waals surface area contributed by atoms with Crippen LogP contribution in [0.4, 0.5) is 0 Å². The van der Waals surface area contributed by atoms with E-state index in [0.29, 0.717) is 6.04 Å². The highest BCUT2D eigenvalue weighted by Crippen LogP contribution is 2.39. The van der Waals surface area contributed by atoms with Gasteiger partial charge in [0, 0.05) is 24.7 Å². The van der Waals surface area contributed by atoms with E-state index < -0.39 is 0 Å². The van der Waals surface area contributed by atoms with Crippen molar-refractivity contribution in [2.24, 2.45) is 0 Å². The Morgan fingerprint density at radius 2 is 1.58 bits per heavy atom. The van der Waals surface area contributed by atoms with Gasteiger partial charge in [0.05, 0.1) is 0 Å². The molecule has 2 aromatic carbocycles. The van der Waals surface area contributed by atoms with E-state index in [1.165, 1.54) is 11.1 Å². The minimum absolute atomic E-state index is 0.157. The fourth-order valence-corrected chi connectivity index (χ4v) is 3.98. The molecule has 0 spiro atoms. The molecule has 0 radical (unpaired) electrons. The Morgan fingerprint density at radius 1 is 0.958 bits per heavy atom. The van der Waals surface area contributed by atoms with Crippen LogP contribution in [0.2, 0.25) is 0 Å². The van der Waals surface area contributed by atoms with E-state index >= 15 is 0 Å². The predicted octanol–water partition coefficient (Wildman–Crippen LogP) is 4.35. The number of nitrogens with one attached hydrogen (secondary N) is 1. The fourth-order valence-electron chi connectivity index (χ4n) is 3.98. The summed E-state index contributed by atoms with van der Waals surface area (Å²) in [5, 5.41) is 3.87. The van der Waals surface area contributed by atoms with Crippen LogP contribution in [0.15, 0.2) is 60.7 Å². The molecule has 1 aliphatic heterocycles. The molecule has 0 amide bonds. The van der Waals surface area contributed by atoms with Crippen molar-refractivity contribution in [3.8, 4) is 0 Å². The molecular formula is C22H29NO. The second-order valence-electron chi connectivity index (χ2n) is 6.83. The molecule has 1 saturated heterocycles. The molecule has 1 unspecified atom stereocenters. The monoisotopic (exact) mass is 323 g/mol. The molecule has 2 aromatic rings. The van der Waals surface area contributed by atoms with Crippen LogP contribution in [0.25, 0.3) is 0 Å². The Kier molecular flexibility index (Phi) is 6.06. The third-order valence-corrected chi connectivity index (χ3v) is 5.32. The quantitative estimate of drug-likeness (QED) is 0.818. The van der Waals surface area contributed by atoms with Gasteiger partial charge in [-0.15, -0.1) is 0 Å². The van der Waals surface area contributed by atoms with Crippen molar-refractivity contribution in [2.45, 2.75) is 44.1 Å². The van der Waals surface area contributed by atoms with E-state index in [-0.39, 0.29) is 5.41 Å². The second-order valence-corrected chi connectivity index (χ2v) is 6.83. The van der Waals surface area contributed by atoms with E-state index in [9.17, 15) is 0 Å². The first-order valence-corrected chi connectivity index (χ1v) is 9.26. The molecule has 128 valence electrons. The lowest BCUT2D eigenvalue weighted by atomic mass is 9.67. The molecule has 1 heterocycles. The molecule has 1 aliphatic rings. The molecule has 2 heteroatoms. The topological polar surface area (TPSA) is 21.3 Å². The third-order valence-electron chi connectivity index (χ3n) is 5.32. The number of ether oxygens (including phenoxy) is 1. The molecule has 1 N–H and O–H groups in total. The first-order chi connectivity index (χ1) is 11.8. The minimum atomic E-state index is 0.157. The van der Waals surface area contributed by atoms with Crippen molar-refractivity contribution in [1.82, 2.24) is 5.32 Å². The van der Waals surface area contributed by atoms with Gasteiger partial charge in [-0.2, -0.15) is 0 Å². The van der Waals surface area contributed by atoms with Crippen LogP contribution in [0, 0.1) is 0 Å². The summed E-state index contributed by atoms with van der Waals surface area (Å²) in [7, 11) is 0. The molecule has 0 saturated carbocycles. The zero-order chi connectivity index (χ0) is 16.7. The van der Waals surface area contributed by atoms with Crippen LogP contribution in [0.5, 0.6) is 0 Å². The summed E-state index contributed by atoms with van der Waals surface area (Å²) in [5.74, 6) is 0. The van der Waals surface area contributed by atoms with Gasteiger partial charge in [0.2, 0.25) is 0 Å². The van der Waals surface area contributed by atoms with Crippen LogP contribution in [0.3, 0.4) is 0 Å². The summed E-state index contributed by atoms with van der Waals surface area (Å²) in [4.78, 5) is 0. The number of hydrogen-bond acceptors (Lipinski definition) is 2. The first kappa shape index (κ1) is 17.2. The van der Waals surface area contributed by atoms with Crippen LogP contribution in [0.1, 0.15) is 37.3 Å². The van der Waals surface area contributed by atoms with E-state index in [0.717, 1.165) is 45.4 Å². The third kappa shape index (κ3) is 3.88. The van der Waals surface area contributed by atoms with Gasteiger partial charge in [0.25, 0.3) is 0 Å². The zero-order valence-electron chi connectivity index (χ0n) is 14.7. The van der Waals surface area contributed by atoms with Crippen LogP contribution in [-0.4, -0.2) is 25.8 Å². The van der Waals surface area contributed by atoms with Gasteiger partial charge in [-0.3, -0.25) is 0 Å². The lowest BCUT2D eigenvalue weighted by Crippen LogP contribution is -2.52. The lowest BCUT2D eigenvalue weighted by Gasteiger charge is -2.45. The Morgan fingerprint density at radius 3 is 2.21 bits per heavy atom. The summed E-state index contributed by atoms with van der Waals surface area (Å²) in [6.45, 7) is 5.01. The van der Waals surface area contributed by atoms with Crippen LogP contribution in [-0.2, 0) is 16.6 Å². The Hall–Kier alpha value is -1.64. The Bertz CT molecular complexity index is 590. The summed E-state index contributed by atoms with van der Waals surface area (Å²) >= 11 is 0. The van der Waals surface area contributed by atoms with Gasteiger partial charge in [0.1, 0.15) is 0 Å². The molecule has 1 fully saturated rings. The molecule has 2 nitrogen and oxygen atoms in total. The lowest BCUT2D eigenvalue weighted by molar-refractivity contribution is 0.0343. The summed E-state index contributed by atoms with van der Waals surface area (Å²) in [6, 6.07) is 22.4. The van der Waals surface area contributed by atoms with Gasteiger partial charge in [-0.05, 0) is 43.4 Å². The minimum Gasteiger partial charge on any atom is -0.381 e. The van der Waals surface area contributed by atoms with E-state index in [1.54, 1.807) is 0 Å². The highest BCUT2D eigenvalue weighted by Gasteiger charge is 2.41. The van der Waals surface area contributed by atoms with Crippen LogP contribution >= 0.6 is 0 Å². The number of rotatable bonds is 7. The summed E-state index contributed by atoms with van der Waals surface area (Å²) in [5.41, 5.74) is 3.02. The first-order valence-electron chi connectivity index (χ1n) is 9.26. The van der Waals surface area contributed by atoms with Crippen molar-refractivity contribution in [1.29, 1.82) is 0 Å². The molecule has 0 aliphatic carbocycles. The van der Waals surface area contributed by atoms with Gasteiger partial charge >= 0.3 is 0 Å². The van der Waals surface area contributed by atoms with Gasteiger partial charge in [-0.25, -0.2) is 0 Å². The number of benzene rings is 2. The molecule has 0 aromatic heterocycles. The van der Waals surface area contributed by atoms with Gasteiger partial charge < -0.3 is 10.1 Å². The molecule has 24 heavy (non-hydrogen) atoms. The van der Waals surface area contributed by atoms with E-state index in [4.69, 9.17) is 4.74 Å². The smallest absolute Gasteiger partial charge is 0.0475 e. The van der Waals surface area contributed by atoms with Crippen molar-refractivity contribution in [3.63, 3.8) is 0 Å². The van der Waals surface area contributed by atoms with E-state index in [2.05, 4.69) is 72.9 Å². The van der Waals surface area contributed by atoms with Crippen molar-refractivity contribution in [2.75, 3.05) is 19.8 Å². The van der Waals surface area contributed by atoms with Gasteiger partial charge in [-0.1, -0.05) is 67.6 Å². The maximum atomic E-state index is 5.72. The number of hydrogen-bond donors (Lipinski definition) is 1. The van der Waals surface area contributed by atoms with Crippen LogP contribution < -0.4 is 5.32 Å². The highest BCUT2D eigenvalue weighted by molar-refractivity contribution is 5.30. The van der Waals surface area contributed by atoms with Gasteiger partial charge in [0.15, 0.2) is 0 Å². The molecule has 0 bridgehead atoms. The molecule has 3 rings (SSSR count). The van der Waals surface area contributed by atoms with Crippen molar-refractivity contribution in [3.05, 3.63) is 71.8 Å². The fraction of sp³-hybridized carbons (Fsp3) is 0.455. The second kappa shape index (κ2) is 8.46. The molecular weight excluding hydrogens is 294 g/mol. The van der Waals surface area contributed by atoms with E-state index in [1.807, 2.05) is 0 Å². The Labute approximate surface area is 146 Å². The highest BCUT2D eigenvalue weighted by atomic mass is 16.5. The normalized spacial score (nSPS) is 18.2. The largest absolute Gasteiger partial charge is 0.381 e. The summed E-state index contributed by atoms with van der Waals surface area (Å²) < 4.78 is 5.72. The predicted molar refractivity (Wildman–Crippen MR) is 100 cm³/mol. The average Bonchev–Trinajstić information content (AvgIpc) is 2.67. The molecule has 1 atom stereocenters. The maximum Gasteiger partial charge on any atom is 0.0475 e. The van der Waals surface area contributed by atoms with Crippen molar-refractivity contribution < 1.29 is 4.74 Å². The van der Waals surface area contributed by atoms with Crippen molar-refractivity contribution >= 4 is 0 Å². The average molecular weight is 323 g/mol. The maximum absolute atomic E-state index is 5.72.